The Kier molecular flexibility index (Phi) is 63.7. The van der Waals surface area contributed by atoms with Crippen molar-refractivity contribution in [1.82, 2.24) is 0 Å². The van der Waals surface area contributed by atoms with Crippen molar-refractivity contribution in [1.29, 1.82) is 0 Å². The lowest BCUT2D eigenvalue weighted by Crippen LogP contribution is -2.30. The second-order valence-corrected chi connectivity index (χ2v) is 22.3. The SMILES string of the molecule is CC/C=C\C/C=C\C/C=C\C/C=C\C/C=C\CCCCCCCCCCCCCC(=O)OCC(COC(=O)CCCCCCC/C=C\C/C=C\CCC)OC(=O)CCCCCCCCCCC/C=C\CCCCCCCCCC. The van der Waals surface area contributed by atoms with Crippen LogP contribution in [0.3, 0.4) is 0 Å². The fourth-order valence-electron chi connectivity index (χ4n) is 9.50. The summed E-state index contributed by atoms with van der Waals surface area (Å²) in [7, 11) is 0. The van der Waals surface area contributed by atoms with Gasteiger partial charge in [-0.2, -0.15) is 0 Å². The van der Waals surface area contributed by atoms with Gasteiger partial charge in [0.05, 0.1) is 0 Å². The summed E-state index contributed by atoms with van der Waals surface area (Å²) < 4.78 is 16.9. The molecule has 0 aromatic carbocycles. The number of carbonyl (C=O) groups excluding carboxylic acids is 3. The molecule has 1 atom stereocenters. The lowest BCUT2D eigenvalue weighted by Gasteiger charge is -2.18. The molecule has 0 saturated carbocycles. The van der Waals surface area contributed by atoms with Crippen molar-refractivity contribution in [3.8, 4) is 0 Å². The van der Waals surface area contributed by atoms with E-state index in [1.807, 2.05) is 0 Å². The summed E-state index contributed by atoms with van der Waals surface area (Å²) in [6, 6.07) is 0. The molecule has 0 aliphatic heterocycles. The van der Waals surface area contributed by atoms with Crippen LogP contribution in [0.5, 0.6) is 0 Å². The van der Waals surface area contributed by atoms with Crippen LogP contribution >= 0.6 is 0 Å². The summed E-state index contributed by atoms with van der Waals surface area (Å²) in [4.78, 5) is 38.4. The number of esters is 3. The molecule has 0 N–H and O–H groups in total. The molecule has 0 amide bonds. The molecule has 0 aromatic rings. The molecule has 1 unspecified atom stereocenters. The van der Waals surface area contributed by atoms with Gasteiger partial charge in [0.15, 0.2) is 6.10 Å². The highest BCUT2D eigenvalue weighted by molar-refractivity contribution is 5.71. The van der Waals surface area contributed by atoms with Gasteiger partial charge in [0.25, 0.3) is 0 Å². The number of allylic oxidation sites excluding steroid dienone is 16. The van der Waals surface area contributed by atoms with E-state index in [2.05, 4.69) is 118 Å². The molecule has 6 heteroatoms. The van der Waals surface area contributed by atoms with Crippen molar-refractivity contribution in [3.63, 3.8) is 0 Å². The topological polar surface area (TPSA) is 78.9 Å². The van der Waals surface area contributed by atoms with E-state index in [0.29, 0.717) is 19.3 Å². The summed E-state index contributed by atoms with van der Waals surface area (Å²) in [6.45, 7) is 6.48. The Morgan fingerprint density at radius 1 is 0.266 bits per heavy atom. The monoisotopic (exact) mass is 1100 g/mol. The van der Waals surface area contributed by atoms with Gasteiger partial charge < -0.3 is 14.2 Å². The summed E-state index contributed by atoms with van der Waals surface area (Å²) >= 11 is 0. The highest BCUT2D eigenvalue weighted by atomic mass is 16.6. The Hall–Kier alpha value is -3.67. The maximum Gasteiger partial charge on any atom is 0.306 e. The van der Waals surface area contributed by atoms with Crippen LogP contribution in [-0.2, 0) is 28.6 Å². The maximum absolute atomic E-state index is 12.9. The fourth-order valence-corrected chi connectivity index (χ4v) is 9.50. The first-order valence-electron chi connectivity index (χ1n) is 33.7. The van der Waals surface area contributed by atoms with Crippen molar-refractivity contribution in [3.05, 3.63) is 97.2 Å². The molecule has 0 aliphatic carbocycles. The van der Waals surface area contributed by atoms with Crippen LogP contribution in [-0.4, -0.2) is 37.2 Å². The third-order valence-corrected chi connectivity index (χ3v) is 14.5. The van der Waals surface area contributed by atoms with Gasteiger partial charge in [-0.05, 0) is 116 Å². The smallest absolute Gasteiger partial charge is 0.306 e. The Balaban J connectivity index is 4.30. The molecule has 6 nitrogen and oxygen atoms in total. The normalized spacial score (nSPS) is 12.7. The highest BCUT2D eigenvalue weighted by Crippen LogP contribution is 2.17. The first-order chi connectivity index (χ1) is 39.0. The average molecular weight is 1100 g/mol. The second-order valence-electron chi connectivity index (χ2n) is 22.3. The van der Waals surface area contributed by atoms with Gasteiger partial charge >= 0.3 is 17.9 Å². The minimum Gasteiger partial charge on any atom is -0.462 e. The average Bonchev–Trinajstić information content (AvgIpc) is 3.45. The third kappa shape index (κ3) is 65.0. The van der Waals surface area contributed by atoms with Crippen LogP contribution in [0.15, 0.2) is 97.2 Å². The molecule has 79 heavy (non-hydrogen) atoms. The zero-order chi connectivity index (χ0) is 57.1. The lowest BCUT2D eigenvalue weighted by atomic mass is 10.0. The van der Waals surface area contributed by atoms with Crippen molar-refractivity contribution in [2.24, 2.45) is 0 Å². The van der Waals surface area contributed by atoms with E-state index in [0.717, 1.165) is 122 Å². The van der Waals surface area contributed by atoms with E-state index < -0.39 is 6.10 Å². The van der Waals surface area contributed by atoms with Gasteiger partial charge in [-0.15, -0.1) is 0 Å². The van der Waals surface area contributed by atoms with Crippen molar-refractivity contribution in [2.45, 2.75) is 335 Å². The molecule has 0 aromatic heterocycles. The van der Waals surface area contributed by atoms with Crippen LogP contribution in [0.25, 0.3) is 0 Å². The zero-order valence-electron chi connectivity index (χ0n) is 52.1. The molecule has 0 bridgehead atoms. The number of carbonyl (C=O) groups is 3. The number of hydrogen-bond acceptors (Lipinski definition) is 6. The van der Waals surface area contributed by atoms with Gasteiger partial charge in [0.2, 0.25) is 0 Å². The van der Waals surface area contributed by atoms with Crippen molar-refractivity contribution < 1.29 is 28.6 Å². The van der Waals surface area contributed by atoms with E-state index in [1.165, 1.54) is 167 Å². The van der Waals surface area contributed by atoms with E-state index in [4.69, 9.17) is 14.2 Å². The minimum absolute atomic E-state index is 0.0830. The summed E-state index contributed by atoms with van der Waals surface area (Å²) in [6.07, 6.45) is 89.9. The van der Waals surface area contributed by atoms with Gasteiger partial charge in [0.1, 0.15) is 13.2 Å². The van der Waals surface area contributed by atoms with Crippen molar-refractivity contribution in [2.75, 3.05) is 13.2 Å². The molecule has 0 spiro atoms. The van der Waals surface area contributed by atoms with Gasteiger partial charge in [-0.25, -0.2) is 0 Å². The zero-order valence-corrected chi connectivity index (χ0v) is 52.1. The predicted molar refractivity (Wildman–Crippen MR) is 344 cm³/mol. The maximum atomic E-state index is 12.9. The van der Waals surface area contributed by atoms with Crippen LogP contribution in [0.1, 0.15) is 329 Å². The Morgan fingerprint density at radius 2 is 0.519 bits per heavy atom. The van der Waals surface area contributed by atoms with Crippen LogP contribution < -0.4 is 0 Å². The van der Waals surface area contributed by atoms with E-state index in [9.17, 15) is 14.4 Å². The Morgan fingerprint density at radius 3 is 0.835 bits per heavy atom. The summed E-state index contributed by atoms with van der Waals surface area (Å²) in [5.41, 5.74) is 0. The van der Waals surface area contributed by atoms with E-state index >= 15 is 0 Å². The first kappa shape index (κ1) is 75.3. The molecule has 0 rings (SSSR count). The molecular formula is C73H126O6. The molecule has 0 radical (unpaired) electrons. The van der Waals surface area contributed by atoms with Crippen LogP contribution in [0.2, 0.25) is 0 Å². The third-order valence-electron chi connectivity index (χ3n) is 14.5. The first-order valence-corrected chi connectivity index (χ1v) is 33.7. The molecule has 0 fully saturated rings. The van der Waals surface area contributed by atoms with E-state index in [1.54, 1.807) is 0 Å². The highest BCUT2D eigenvalue weighted by Gasteiger charge is 2.19. The van der Waals surface area contributed by atoms with Crippen LogP contribution in [0, 0.1) is 0 Å². The van der Waals surface area contributed by atoms with E-state index in [-0.39, 0.29) is 31.1 Å². The molecule has 0 aliphatic rings. The molecule has 454 valence electrons. The van der Waals surface area contributed by atoms with Crippen LogP contribution in [0.4, 0.5) is 0 Å². The summed E-state index contributed by atoms with van der Waals surface area (Å²) in [5, 5.41) is 0. The van der Waals surface area contributed by atoms with Gasteiger partial charge in [0, 0.05) is 19.3 Å². The standard InChI is InChI=1S/C73H126O6/c1-4-7-10-13-16-19-22-25-27-29-31-33-34-35-36-37-38-40-41-43-45-48-51-54-57-60-63-66-72(75)78-69-70(68-77-71(74)65-62-59-56-53-50-47-24-21-18-15-12-9-6-3)79-73(76)67-64-61-58-55-52-49-46-44-42-39-32-30-28-26-23-20-17-14-11-8-5-2/h7,10,12,15-16,19,21,24-25,27,30-33,35-36,70H,4-6,8-9,11,13-14,17-18,20,22-23,26,28-29,34,37-69H2,1-3H3/b10-7-,15-12-,19-16-,24-21-,27-25-,32-30-,33-31-,36-35-. The van der Waals surface area contributed by atoms with Gasteiger partial charge in [-0.3, -0.25) is 14.4 Å². The molecular weight excluding hydrogens is 973 g/mol. The molecule has 0 saturated heterocycles. The number of rotatable bonds is 61. The quantitative estimate of drug-likeness (QED) is 0.0261. The predicted octanol–water partition coefficient (Wildman–Crippen LogP) is 23.2. The largest absolute Gasteiger partial charge is 0.462 e. The fraction of sp³-hybridized carbons (Fsp3) is 0.740. The van der Waals surface area contributed by atoms with Gasteiger partial charge in [-0.1, -0.05) is 291 Å². The minimum atomic E-state index is -0.787. The lowest BCUT2D eigenvalue weighted by molar-refractivity contribution is -0.167. The second kappa shape index (κ2) is 66.8. The van der Waals surface area contributed by atoms with Crippen molar-refractivity contribution >= 4 is 17.9 Å². The summed E-state index contributed by atoms with van der Waals surface area (Å²) in [5.74, 6) is -0.890. The number of unbranched alkanes of at least 4 members (excludes halogenated alkanes) is 34. The number of ether oxygens (including phenoxy) is 3. The Labute approximate surface area is 489 Å². The Bertz CT molecular complexity index is 1540. The molecule has 0 heterocycles. The number of hydrogen-bond donors (Lipinski definition) is 0.